The van der Waals surface area contributed by atoms with Gasteiger partial charge in [-0.25, -0.2) is 0 Å². The Labute approximate surface area is 141 Å². The number of morpholine rings is 1. The van der Waals surface area contributed by atoms with Gasteiger partial charge in [-0.2, -0.15) is 0 Å². The van der Waals surface area contributed by atoms with Crippen LogP contribution in [0.3, 0.4) is 0 Å². The van der Waals surface area contributed by atoms with Crippen molar-refractivity contribution in [2.24, 2.45) is 0 Å². The monoisotopic (exact) mass is 320 g/mol. The molecule has 1 aliphatic rings. The minimum atomic E-state index is 0.568. The number of hydrogen-bond donors (Lipinski definition) is 0. The van der Waals surface area contributed by atoms with Crippen LogP contribution in [0.2, 0.25) is 0 Å². The van der Waals surface area contributed by atoms with Crippen molar-refractivity contribution in [3.8, 4) is 5.75 Å². The van der Waals surface area contributed by atoms with Gasteiger partial charge >= 0.3 is 0 Å². The van der Waals surface area contributed by atoms with Crippen molar-refractivity contribution < 1.29 is 9.47 Å². The molecule has 1 saturated heterocycles. The molecule has 0 saturated carbocycles. The molecule has 24 heavy (non-hydrogen) atoms. The molecule has 1 aliphatic heterocycles. The van der Waals surface area contributed by atoms with E-state index in [0.29, 0.717) is 6.61 Å². The van der Waals surface area contributed by atoms with E-state index in [0.717, 1.165) is 54.2 Å². The van der Waals surface area contributed by atoms with Gasteiger partial charge in [0.15, 0.2) is 0 Å². The molecule has 0 atom stereocenters. The first-order valence-electron chi connectivity index (χ1n) is 8.28. The third kappa shape index (κ3) is 3.34. The lowest BCUT2D eigenvalue weighted by Gasteiger charge is -2.28. The Morgan fingerprint density at radius 2 is 1.83 bits per heavy atom. The Hall–Kier alpha value is -2.59. The lowest BCUT2D eigenvalue weighted by atomic mass is 10.2. The van der Waals surface area contributed by atoms with Gasteiger partial charge in [-0.1, -0.05) is 30.3 Å². The number of benzene rings is 2. The van der Waals surface area contributed by atoms with Crippen molar-refractivity contribution in [3.05, 3.63) is 66.4 Å². The van der Waals surface area contributed by atoms with Gasteiger partial charge in [0, 0.05) is 24.5 Å². The van der Waals surface area contributed by atoms with Crippen LogP contribution in [0.4, 0.5) is 5.69 Å². The molecule has 4 nitrogen and oxygen atoms in total. The van der Waals surface area contributed by atoms with Crippen molar-refractivity contribution in [3.63, 3.8) is 0 Å². The van der Waals surface area contributed by atoms with E-state index in [-0.39, 0.29) is 0 Å². The highest BCUT2D eigenvalue weighted by molar-refractivity contribution is 5.83. The van der Waals surface area contributed by atoms with E-state index in [1.54, 1.807) is 0 Å². The number of ether oxygens (including phenoxy) is 2. The van der Waals surface area contributed by atoms with Crippen LogP contribution in [0, 0.1) is 0 Å². The summed E-state index contributed by atoms with van der Waals surface area (Å²) < 4.78 is 11.3. The van der Waals surface area contributed by atoms with Crippen LogP contribution in [0.15, 0.2) is 60.8 Å². The smallest absolute Gasteiger partial charge is 0.122 e. The molecular formula is C20H20N2O2. The van der Waals surface area contributed by atoms with Gasteiger partial charge in [0.25, 0.3) is 0 Å². The van der Waals surface area contributed by atoms with Crippen molar-refractivity contribution in [2.45, 2.75) is 6.61 Å². The molecule has 0 spiro atoms. The fourth-order valence-corrected chi connectivity index (χ4v) is 2.91. The van der Waals surface area contributed by atoms with Crippen molar-refractivity contribution in [1.29, 1.82) is 0 Å². The topological polar surface area (TPSA) is 34.6 Å². The molecule has 0 aliphatic carbocycles. The van der Waals surface area contributed by atoms with Gasteiger partial charge < -0.3 is 14.4 Å². The molecule has 0 radical (unpaired) electrons. The molecule has 2 aromatic carbocycles. The number of anilines is 1. The van der Waals surface area contributed by atoms with Crippen LogP contribution < -0.4 is 9.64 Å². The number of nitrogens with zero attached hydrogens (tertiary/aromatic N) is 2. The number of hydrogen-bond acceptors (Lipinski definition) is 4. The number of aromatic nitrogens is 1. The number of fused-ring (bicyclic) bond motifs is 1. The van der Waals surface area contributed by atoms with Gasteiger partial charge in [0.05, 0.1) is 30.6 Å². The Bertz CT molecular complexity index is 814. The molecule has 1 aromatic heterocycles. The summed E-state index contributed by atoms with van der Waals surface area (Å²) >= 11 is 0. The summed E-state index contributed by atoms with van der Waals surface area (Å²) in [4.78, 5) is 6.92. The standard InChI is InChI=1S/C20H20N2O2/c1-2-4-16(5-3-1)15-24-19-7-6-17-12-18(14-21-20(17)13-19)22-8-10-23-11-9-22/h1-7,12-14H,8-11,15H2. The van der Waals surface area contributed by atoms with Gasteiger partial charge in [-0.05, 0) is 23.8 Å². The molecule has 4 rings (SSSR count). The summed E-state index contributed by atoms with van der Waals surface area (Å²) in [6.07, 6.45) is 1.94. The molecule has 0 unspecified atom stereocenters. The van der Waals surface area contributed by atoms with Gasteiger partial charge in [-0.15, -0.1) is 0 Å². The summed E-state index contributed by atoms with van der Waals surface area (Å²) in [5.74, 6) is 0.845. The van der Waals surface area contributed by atoms with Crippen LogP contribution in [0.1, 0.15) is 5.56 Å². The van der Waals surface area contributed by atoms with Crippen LogP contribution in [0.5, 0.6) is 5.75 Å². The molecule has 122 valence electrons. The van der Waals surface area contributed by atoms with Crippen molar-refractivity contribution in [1.82, 2.24) is 4.98 Å². The maximum atomic E-state index is 5.88. The fraction of sp³-hybridized carbons (Fsp3) is 0.250. The van der Waals surface area contributed by atoms with Crippen LogP contribution in [0.25, 0.3) is 10.9 Å². The van der Waals surface area contributed by atoms with Crippen LogP contribution in [-0.4, -0.2) is 31.3 Å². The summed E-state index contributed by atoms with van der Waals surface area (Å²) in [6.45, 7) is 3.98. The summed E-state index contributed by atoms with van der Waals surface area (Å²) in [6, 6.07) is 18.5. The Morgan fingerprint density at radius 1 is 1.00 bits per heavy atom. The average molecular weight is 320 g/mol. The maximum Gasteiger partial charge on any atom is 0.122 e. The Balaban J connectivity index is 1.51. The van der Waals surface area contributed by atoms with Crippen LogP contribution in [-0.2, 0) is 11.3 Å². The first kappa shape index (κ1) is 15.0. The predicted octanol–water partition coefficient (Wildman–Crippen LogP) is 3.65. The SMILES string of the molecule is c1ccc(COc2ccc3cc(N4CCOCC4)cnc3c2)cc1. The highest BCUT2D eigenvalue weighted by Crippen LogP contribution is 2.24. The highest BCUT2D eigenvalue weighted by atomic mass is 16.5. The first-order chi connectivity index (χ1) is 11.9. The van der Waals surface area contributed by atoms with E-state index >= 15 is 0 Å². The molecular weight excluding hydrogens is 300 g/mol. The third-order valence-corrected chi connectivity index (χ3v) is 4.27. The fourth-order valence-electron chi connectivity index (χ4n) is 2.91. The zero-order valence-electron chi connectivity index (χ0n) is 13.5. The number of rotatable bonds is 4. The molecule has 1 fully saturated rings. The molecule has 2 heterocycles. The Morgan fingerprint density at radius 3 is 2.67 bits per heavy atom. The second-order valence-corrected chi connectivity index (χ2v) is 5.92. The normalized spacial score (nSPS) is 14.8. The second-order valence-electron chi connectivity index (χ2n) is 5.92. The second kappa shape index (κ2) is 6.89. The zero-order valence-corrected chi connectivity index (χ0v) is 13.5. The van der Waals surface area contributed by atoms with Gasteiger partial charge in [-0.3, -0.25) is 4.98 Å². The predicted molar refractivity (Wildman–Crippen MR) is 95.5 cm³/mol. The molecule has 0 amide bonds. The first-order valence-corrected chi connectivity index (χ1v) is 8.28. The van der Waals surface area contributed by atoms with E-state index < -0.39 is 0 Å². The number of pyridine rings is 1. The zero-order chi connectivity index (χ0) is 16.2. The Kier molecular flexibility index (Phi) is 4.30. The van der Waals surface area contributed by atoms with Crippen molar-refractivity contribution >= 4 is 16.6 Å². The van der Waals surface area contributed by atoms with Gasteiger partial charge in [0.1, 0.15) is 12.4 Å². The largest absolute Gasteiger partial charge is 0.489 e. The summed E-state index contributed by atoms with van der Waals surface area (Å²) in [5, 5.41) is 1.13. The quantitative estimate of drug-likeness (QED) is 0.735. The minimum Gasteiger partial charge on any atom is -0.489 e. The van der Waals surface area contributed by atoms with E-state index in [4.69, 9.17) is 9.47 Å². The minimum absolute atomic E-state index is 0.568. The lowest BCUT2D eigenvalue weighted by Crippen LogP contribution is -2.36. The summed E-state index contributed by atoms with van der Waals surface area (Å²) in [5.41, 5.74) is 3.27. The third-order valence-electron chi connectivity index (χ3n) is 4.27. The summed E-state index contributed by atoms with van der Waals surface area (Å²) in [7, 11) is 0. The van der Waals surface area contributed by atoms with Crippen LogP contribution >= 0.6 is 0 Å². The van der Waals surface area contributed by atoms with E-state index in [1.807, 2.05) is 36.5 Å². The van der Waals surface area contributed by atoms with E-state index in [2.05, 4.69) is 34.1 Å². The highest BCUT2D eigenvalue weighted by Gasteiger charge is 2.12. The average Bonchev–Trinajstić information content (AvgIpc) is 2.67. The lowest BCUT2D eigenvalue weighted by molar-refractivity contribution is 0.122. The van der Waals surface area contributed by atoms with E-state index in [9.17, 15) is 0 Å². The van der Waals surface area contributed by atoms with E-state index in [1.165, 1.54) is 0 Å². The molecule has 3 aromatic rings. The molecule has 4 heteroatoms. The van der Waals surface area contributed by atoms with Gasteiger partial charge in [0.2, 0.25) is 0 Å². The molecule has 0 bridgehead atoms. The maximum absolute atomic E-state index is 5.88. The molecule has 0 N–H and O–H groups in total. The van der Waals surface area contributed by atoms with Crippen molar-refractivity contribution in [2.75, 3.05) is 31.2 Å².